The third-order valence-corrected chi connectivity index (χ3v) is 2.78. The Morgan fingerprint density at radius 2 is 2.35 bits per heavy atom. The van der Waals surface area contributed by atoms with Crippen LogP contribution in [0.15, 0.2) is 22.7 Å². The normalized spacial score (nSPS) is 12.2. The molecule has 1 amide bonds. The number of nitrogen functional groups attached to an aromatic ring is 1. The van der Waals surface area contributed by atoms with Gasteiger partial charge in [0.25, 0.3) is 5.91 Å². The number of ether oxygens (including phenoxy) is 1. The minimum absolute atomic E-state index is 0.133. The molecule has 0 aliphatic heterocycles. The molecule has 0 spiro atoms. The Kier molecular flexibility index (Phi) is 5.40. The van der Waals surface area contributed by atoms with Gasteiger partial charge in [-0.25, -0.2) is 0 Å². The third kappa shape index (κ3) is 4.33. The van der Waals surface area contributed by atoms with Crippen molar-refractivity contribution in [2.45, 2.75) is 6.10 Å². The van der Waals surface area contributed by atoms with Crippen molar-refractivity contribution in [1.29, 1.82) is 0 Å². The minimum atomic E-state index is -0.719. The topological polar surface area (TPSA) is 84.6 Å². The maximum atomic E-state index is 11.8. The maximum absolute atomic E-state index is 11.8. The molecule has 4 N–H and O–H groups in total. The monoisotopic (exact) mass is 302 g/mol. The second-order valence-corrected chi connectivity index (χ2v) is 4.41. The van der Waals surface area contributed by atoms with Crippen LogP contribution in [0, 0.1) is 0 Å². The molecule has 6 heteroatoms. The summed E-state index contributed by atoms with van der Waals surface area (Å²) in [7, 11) is 1.49. The van der Waals surface area contributed by atoms with Crippen molar-refractivity contribution in [1.82, 2.24) is 5.32 Å². The van der Waals surface area contributed by atoms with Crippen LogP contribution in [0.4, 0.5) is 5.69 Å². The van der Waals surface area contributed by atoms with E-state index in [1.807, 2.05) is 0 Å². The van der Waals surface area contributed by atoms with E-state index in [-0.39, 0.29) is 19.1 Å². The van der Waals surface area contributed by atoms with Crippen molar-refractivity contribution in [2.75, 3.05) is 26.0 Å². The average Bonchev–Trinajstić information content (AvgIpc) is 2.29. The summed E-state index contributed by atoms with van der Waals surface area (Å²) in [6.07, 6.45) is -0.719. The highest BCUT2D eigenvalue weighted by molar-refractivity contribution is 9.10. The molecule has 0 bridgehead atoms. The number of amides is 1. The number of rotatable bonds is 5. The number of benzene rings is 1. The minimum Gasteiger partial charge on any atom is -0.399 e. The van der Waals surface area contributed by atoms with Crippen LogP contribution in [0.5, 0.6) is 0 Å². The van der Waals surface area contributed by atoms with E-state index in [2.05, 4.69) is 21.2 Å². The largest absolute Gasteiger partial charge is 0.399 e. The van der Waals surface area contributed by atoms with E-state index in [0.29, 0.717) is 15.7 Å². The number of hydrogen-bond donors (Lipinski definition) is 3. The van der Waals surface area contributed by atoms with Crippen LogP contribution < -0.4 is 11.1 Å². The summed E-state index contributed by atoms with van der Waals surface area (Å²) < 4.78 is 5.41. The molecule has 17 heavy (non-hydrogen) atoms. The fourth-order valence-electron chi connectivity index (χ4n) is 1.27. The van der Waals surface area contributed by atoms with E-state index < -0.39 is 6.10 Å². The Bertz CT molecular complexity index is 398. The van der Waals surface area contributed by atoms with E-state index in [0.717, 1.165) is 0 Å². The van der Waals surface area contributed by atoms with Crippen LogP contribution in [-0.4, -0.2) is 37.4 Å². The molecule has 1 rings (SSSR count). The van der Waals surface area contributed by atoms with Crippen molar-refractivity contribution in [3.63, 3.8) is 0 Å². The number of carbonyl (C=O) groups is 1. The van der Waals surface area contributed by atoms with Crippen LogP contribution in [0.1, 0.15) is 10.4 Å². The highest BCUT2D eigenvalue weighted by Gasteiger charge is 2.12. The lowest BCUT2D eigenvalue weighted by Crippen LogP contribution is -2.34. The van der Waals surface area contributed by atoms with E-state index in [9.17, 15) is 9.90 Å². The fourth-order valence-corrected chi connectivity index (χ4v) is 1.70. The molecule has 0 aliphatic rings. The van der Waals surface area contributed by atoms with Crippen molar-refractivity contribution in [2.24, 2.45) is 0 Å². The first-order valence-corrected chi connectivity index (χ1v) is 5.84. The first kappa shape index (κ1) is 14.0. The lowest BCUT2D eigenvalue weighted by molar-refractivity contribution is 0.0609. The second-order valence-electron chi connectivity index (χ2n) is 3.56. The number of nitrogens with one attached hydrogen (secondary N) is 1. The van der Waals surface area contributed by atoms with Crippen LogP contribution in [0.25, 0.3) is 0 Å². The van der Waals surface area contributed by atoms with E-state index in [1.54, 1.807) is 18.2 Å². The first-order chi connectivity index (χ1) is 8.04. The van der Waals surface area contributed by atoms with Crippen LogP contribution in [0.3, 0.4) is 0 Å². The molecule has 0 radical (unpaired) electrons. The lowest BCUT2D eigenvalue weighted by Gasteiger charge is -2.11. The summed E-state index contributed by atoms with van der Waals surface area (Å²) in [6.45, 7) is 0.312. The van der Waals surface area contributed by atoms with Gasteiger partial charge in [0.05, 0.1) is 18.3 Å². The van der Waals surface area contributed by atoms with E-state index >= 15 is 0 Å². The van der Waals surface area contributed by atoms with Gasteiger partial charge in [0, 0.05) is 23.8 Å². The number of hydrogen-bond acceptors (Lipinski definition) is 4. The molecule has 0 saturated heterocycles. The van der Waals surface area contributed by atoms with Gasteiger partial charge >= 0.3 is 0 Å². The summed E-state index contributed by atoms with van der Waals surface area (Å²) in [5.41, 5.74) is 6.55. The third-order valence-electron chi connectivity index (χ3n) is 2.09. The maximum Gasteiger partial charge on any atom is 0.252 e. The van der Waals surface area contributed by atoms with Crippen molar-refractivity contribution in [3.8, 4) is 0 Å². The summed E-state index contributed by atoms with van der Waals surface area (Å²) in [4.78, 5) is 11.8. The van der Waals surface area contributed by atoms with Crippen molar-refractivity contribution >= 4 is 27.5 Å². The SMILES string of the molecule is COCC(O)CNC(=O)c1cc(N)ccc1Br. The Labute approximate surface area is 108 Å². The predicted octanol–water partition coefficient (Wildman–Crippen LogP) is 0.768. The Balaban J connectivity index is 2.61. The summed E-state index contributed by atoms with van der Waals surface area (Å²) in [5, 5.41) is 12.0. The number of nitrogens with two attached hydrogens (primary N) is 1. The molecule has 0 saturated carbocycles. The van der Waals surface area contributed by atoms with Crippen LogP contribution in [0.2, 0.25) is 0 Å². The number of aliphatic hydroxyl groups excluding tert-OH is 1. The number of anilines is 1. The second kappa shape index (κ2) is 6.58. The lowest BCUT2D eigenvalue weighted by atomic mass is 10.2. The number of methoxy groups -OCH3 is 1. The number of halogens is 1. The molecule has 94 valence electrons. The Hall–Kier alpha value is -1.11. The van der Waals surface area contributed by atoms with Crippen molar-refractivity contribution in [3.05, 3.63) is 28.2 Å². The van der Waals surface area contributed by atoms with E-state index in [1.165, 1.54) is 7.11 Å². The zero-order valence-corrected chi connectivity index (χ0v) is 11.0. The highest BCUT2D eigenvalue weighted by atomic mass is 79.9. The molecule has 1 unspecified atom stereocenters. The molecule has 5 nitrogen and oxygen atoms in total. The molecule has 1 atom stereocenters. The zero-order valence-electron chi connectivity index (χ0n) is 9.44. The van der Waals surface area contributed by atoms with Gasteiger partial charge in [-0.15, -0.1) is 0 Å². The van der Waals surface area contributed by atoms with Crippen LogP contribution in [-0.2, 0) is 4.74 Å². The molecule has 0 fully saturated rings. The van der Waals surface area contributed by atoms with Gasteiger partial charge < -0.3 is 20.9 Å². The Morgan fingerprint density at radius 3 is 3.00 bits per heavy atom. The van der Waals surface area contributed by atoms with Gasteiger partial charge in [0.2, 0.25) is 0 Å². The molecule has 0 aromatic heterocycles. The van der Waals surface area contributed by atoms with E-state index in [4.69, 9.17) is 10.5 Å². The predicted molar refractivity (Wildman–Crippen MR) is 68.8 cm³/mol. The molecule has 1 aromatic rings. The van der Waals surface area contributed by atoms with Gasteiger partial charge in [-0.1, -0.05) is 0 Å². The summed E-state index contributed by atoms with van der Waals surface area (Å²) >= 11 is 3.27. The quantitative estimate of drug-likeness (QED) is 0.701. The smallest absolute Gasteiger partial charge is 0.252 e. The molecule has 1 aromatic carbocycles. The van der Waals surface area contributed by atoms with Gasteiger partial charge in [-0.05, 0) is 34.1 Å². The van der Waals surface area contributed by atoms with Gasteiger partial charge in [-0.2, -0.15) is 0 Å². The molecule has 0 heterocycles. The summed E-state index contributed by atoms with van der Waals surface area (Å²) in [5.74, 6) is -0.292. The first-order valence-electron chi connectivity index (χ1n) is 5.04. The zero-order chi connectivity index (χ0) is 12.8. The fraction of sp³-hybridized carbons (Fsp3) is 0.364. The number of carbonyl (C=O) groups excluding carboxylic acids is 1. The average molecular weight is 303 g/mol. The van der Waals surface area contributed by atoms with Gasteiger partial charge in [-0.3, -0.25) is 4.79 Å². The molecular formula is C11H15BrN2O3. The summed E-state index contributed by atoms with van der Waals surface area (Å²) in [6, 6.07) is 4.97. The number of aliphatic hydroxyl groups is 1. The van der Waals surface area contributed by atoms with Crippen molar-refractivity contribution < 1.29 is 14.6 Å². The Morgan fingerprint density at radius 1 is 1.65 bits per heavy atom. The molecule has 0 aliphatic carbocycles. The highest BCUT2D eigenvalue weighted by Crippen LogP contribution is 2.19. The van der Waals surface area contributed by atoms with Crippen LogP contribution >= 0.6 is 15.9 Å². The molecular weight excluding hydrogens is 288 g/mol. The van der Waals surface area contributed by atoms with Gasteiger partial charge in [0.15, 0.2) is 0 Å². The standard InChI is InChI=1S/C11H15BrN2O3/c1-17-6-8(15)5-14-11(16)9-4-7(13)2-3-10(9)12/h2-4,8,15H,5-6,13H2,1H3,(H,14,16). The van der Waals surface area contributed by atoms with Gasteiger partial charge in [0.1, 0.15) is 0 Å².